The Hall–Kier alpha value is -3.20. The predicted octanol–water partition coefficient (Wildman–Crippen LogP) is 2.26. The van der Waals surface area contributed by atoms with Gasteiger partial charge in [-0.1, -0.05) is 12.1 Å². The lowest BCUT2D eigenvalue weighted by atomic mass is 10.1. The van der Waals surface area contributed by atoms with E-state index < -0.39 is 5.97 Å². The van der Waals surface area contributed by atoms with Crippen molar-refractivity contribution in [2.24, 2.45) is 0 Å². The van der Waals surface area contributed by atoms with Crippen LogP contribution < -0.4 is 4.74 Å². The second kappa shape index (κ2) is 6.11. The van der Waals surface area contributed by atoms with E-state index in [1.54, 1.807) is 30.3 Å². The van der Waals surface area contributed by atoms with Crippen molar-refractivity contribution < 1.29 is 14.6 Å². The summed E-state index contributed by atoms with van der Waals surface area (Å²) >= 11 is 0. The third-order valence-electron chi connectivity index (χ3n) is 2.30. The summed E-state index contributed by atoms with van der Waals surface area (Å²) < 4.78 is 5.44. The van der Waals surface area contributed by atoms with E-state index in [2.05, 4.69) is 9.97 Å². The molecule has 0 saturated heterocycles. The number of hydrogen-bond acceptors (Lipinski definition) is 5. The summed E-state index contributed by atoms with van der Waals surface area (Å²) in [6.07, 6.45) is 5.81. The third kappa shape index (κ3) is 3.40. The number of carbonyl (C=O) groups is 1. The van der Waals surface area contributed by atoms with Gasteiger partial charge in [-0.25, -0.2) is 9.78 Å². The Kier molecular flexibility index (Phi) is 4.04. The minimum absolute atomic E-state index is 0.326. The Morgan fingerprint density at radius 2 is 2.05 bits per heavy atom. The molecule has 6 heteroatoms. The zero-order valence-corrected chi connectivity index (χ0v) is 10.2. The highest BCUT2D eigenvalue weighted by Gasteiger charge is 2.05. The highest BCUT2D eigenvalue weighted by molar-refractivity contribution is 5.96. The molecule has 98 valence electrons. The molecule has 1 heterocycles. The molecule has 0 amide bonds. The van der Waals surface area contributed by atoms with Gasteiger partial charge in [0.1, 0.15) is 17.4 Å². The van der Waals surface area contributed by atoms with Crippen LogP contribution in [0.3, 0.4) is 0 Å². The largest absolute Gasteiger partial charge is 0.477 e. The Balaban J connectivity index is 2.15. The minimum Gasteiger partial charge on any atom is -0.477 e. The number of aromatic nitrogens is 2. The van der Waals surface area contributed by atoms with E-state index in [4.69, 9.17) is 15.1 Å². The van der Waals surface area contributed by atoms with Gasteiger partial charge in [-0.3, -0.25) is 4.98 Å². The van der Waals surface area contributed by atoms with Gasteiger partial charge in [0.25, 0.3) is 0 Å². The lowest BCUT2D eigenvalue weighted by Gasteiger charge is -2.03. The van der Waals surface area contributed by atoms with Crippen molar-refractivity contribution in [2.45, 2.75) is 0 Å². The average molecular weight is 267 g/mol. The number of benzene rings is 1. The van der Waals surface area contributed by atoms with Gasteiger partial charge in [-0.05, 0) is 23.8 Å². The molecule has 1 N–H and O–H groups in total. The van der Waals surface area contributed by atoms with E-state index in [-0.39, 0.29) is 5.57 Å². The molecule has 1 aromatic carbocycles. The SMILES string of the molecule is N#C/C(=C\c1ccc(Oc2cnccn2)cc1)C(=O)O. The summed E-state index contributed by atoms with van der Waals surface area (Å²) in [4.78, 5) is 18.5. The maximum Gasteiger partial charge on any atom is 0.346 e. The Labute approximate surface area is 114 Å². The normalized spacial score (nSPS) is 10.7. The topological polar surface area (TPSA) is 96.1 Å². The van der Waals surface area contributed by atoms with E-state index in [0.29, 0.717) is 17.2 Å². The molecule has 6 nitrogen and oxygen atoms in total. The molecular formula is C14H9N3O3. The lowest BCUT2D eigenvalue weighted by molar-refractivity contribution is -0.132. The van der Waals surface area contributed by atoms with E-state index in [9.17, 15) is 4.79 Å². The highest BCUT2D eigenvalue weighted by atomic mass is 16.5. The quantitative estimate of drug-likeness (QED) is 0.674. The third-order valence-corrected chi connectivity index (χ3v) is 2.30. The van der Waals surface area contributed by atoms with Gasteiger partial charge in [0.15, 0.2) is 0 Å². The zero-order valence-electron chi connectivity index (χ0n) is 10.2. The number of carboxylic acids is 1. The molecule has 1 aromatic heterocycles. The average Bonchev–Trinajstić information content (AvgIpc) is 2.47. The summed E-state index contributed by atoms with van der Waals surface area (Å²) in [5, 5.41) is 17.4. The fourth-order valence-corrected chi connectivity index (χ4v) is 1.40. The standard InChI is InChI=1S/C14H9N3O3/c15-8-11(14(18)19)7-10-1-3-12(4-2-10)20-13-9-16-5-6-17-13/h1-7,9H,(H,18,19)/b11-7+. The van der Waals surface area contributed by atoms with Crippen molar-refractivity contribution in [3.05, 3.63) is 54.0 Å². The van der Waals surface area contributed by atoms with Crippen LogP contribution in [0.25, 0.3) is 6.08 Å². The van der Waals surface area contributed by atoms with Crippen LogP contribution in [0.1, 0.15) is 5.56 Å². The Morgan fingerprint density at radius 3 is 2.60 bits per heavy atom. The Morgan fingerprint density at radius 1 is 1.30 bits per heavy atom. The van der Waals surface area contributed by atoms with Gasteiger partial charge in [-0.15, -0.1) is 0 Å². The number of ether oxygens (including phenoxy) is 1. The fourth-order valence-electron chi connectivity index (χ4n) is 1.40. The molecule has 0 spiro atoms. The number of nitrogens with zero attached hydrogens (tertiary/aromatic N) is 3. The molecule has 0 aliphatic carbocycles. The summed E-state index contributed by atoms with van der Waals surface area (Å²) in [5.74, 6) is -0.358. The van der Waals surface area contributed by atoms with E-state index in [1.165, 1.54) is 24.7 Å². The van der Waals surface area contributed by atoms with Crippen LogP contribution in [0.4, 0.5) is 0 Å². The van der Waals surface area contributed by atoms with Crippen LogP contribution in [0.5, 0.6) is 11.6 Å². The van der Waals surface area contributed by atoms with Gasteiger partial charge >= 0.3 is 5.97 Å². The van der Waals surface area contributed by atoms with Gasteiger partial charge in [0, 0.05) is 12.4 Å². The molecule has 0 fully saturated rings. The number of rotatable bonds is 4. The molecular weight excluding hydrogens is 258 g/mol. The monoisotopic (exact) mass is 267 g/mol. The van der Waals surface area contributed by atoms with Crippen LogP contribution in [0.15, 0.2) is 48.4 Å². The summed E-state index contributed by atoms with van der Waals surface area (Å²) in [7, 11) is 0. The number of carboxylic acid groups (broad SMARTS) is 1. The number of aliphatic carboxylic acids is 1. The van der Waals surface area contributed by atoms with Crippen molar-refractivity contribution >= 4 is 12.0 Å². The van der Waals surface area contributed by atoms with Crippen molar-refractivity contribution in [3.8, 4) is 17.7 Å². The molecule has 2 aromatic rings. The number of nitriles is 1. The predicted molar refractivity (Wildman–Crippen MR) is 69.8 cm³/mol. The highest BCUT2D eigenvalue weighted by Crippen LogP contribution is 2.19. The van der Waals surface area contributed by atoms with E-state index >= 15 is 0 Å². The van der Waals surface area contributed by atoms with E-state index in [1.807, 2.05) is 0 Å². The first-order chi connectivity index (χ1) is 9.69. The smallest absolute Gasteiger partial charge is 0.346 e. The first-order valence-electron chi connectivity index (χ1n) is 5.58. The molecule has 2 rings (SSSR count). The molecule has 0 aliphatic rings. The number of hydrogen-bond donors (Lipinski definition) is 1. The summed E-state index contributed by atoms with van der Waals surface area (Å²) in [6.45, 7) is 0. The minimum atomic E-state index is -1.26. The van der Waals surface area contributed by atoms with Crippen LogP contribution in [0, 0.1) is 11.3 Å². The first-order valence-corrected chi connectivity index (χ1v) is 5.58. The van der Waals surface area contributed by atoms with Crippen molar-refractivity contribution in [1.29, 1.82) is 5.26 Å². The fraction of sp³-hybridized carbons (Fsp3) is 0. The summed E-state index contributed by atoms with van der Waals surface area (Å²) in [6, 6.07) is 8.21. The molecule has 0 bridgehead atoms. The molecule has 0 aliphatic heterocycles. The molecule has 0 unspecified atom stereocenters. The van der Waals surface area contributed by atoms with Crippen molar-refractivity contribution in [3.63, 3.8) is 0 Å². The molecule has 0 saturated carbocycles. The molecule has 0 radical (unpaired) electrons. The van der Waals surface area contributed by atoms with Crippen LogP contribution in [-0.2, 0) is 4.79 Å². The van der Waals surface area contributed by atoms with Gasteiger partial charge < -0.3 is 9.84 Å². The molecule has 20 heavy (non-hydrogen) atoms. The lowest BCUT2D eigenvalue weighted by Crippen LogP contribution is -1.97. The van der Waals surface area contributed by atoms with E-state index in [0.717, 1.165) is 0 Å². The first kappa shape index (κ1) is 13.2. The zero-order chi connectivity index (χ0) is 14.4. The second-order valence-electron chi connectivity index (χ2n) is 3.69. The van der Waals surface area contributed by atoms with Crippen LogP contribution >= 0.6 is 0 Å². The van der Waals surface area contributed by atoms with Crippen molar-refractivity contribution in [1.82, 2.24) is 9.97 Å². The summed E-state index contributed by atoms with van der Waals surface area (Å²) in [5.41, 5.74) is 0.267. The second-order valence-corrected chi connectivity index (χ2v) is 3.69. The van der Waals surface area contributed by atoms with Gasteiger partial charge in [0.05, 0.1) is 6.20 Å². The van der Waals surface area contributed by atoms with Gasteiger partial charge in [0.2, 0.25) is 5.88 Å². The van der Waals surface area contributed by atoms with Crippen LogP contribution in [-0.4, -0.2) is 21.0 Å². The molecule has 0 atom stereocenters. The van der Waals surface area contributed by atoms with Crippen LogP contribution in [0.2, 0.25) is 0 Å². The Bertz CT molecular complexity index is 673. The maximum atomic E-state index is 10.7. The van der Waals surface area contributed by atoms with Gasteiger partial charge in [-0.2, -0.15) is 5.26 Å². The van der Waals surface area contributed by atoms with Crippen molar-refractivity contribution in [2.75, 3.05) is 0 Å². The maximum absolute atomic E-state index is 10.7.